The summed E-state index contributed by atoms with van der Waals surface area (Å²) in [6.45, 7) is 5.48. The molecule has 0 spiro atoms. The van der Waals surface area contributed by atoms with Gasteiger partial charge >= 0.3 is 0 Å². The molecule has 0 aromatic carbocycles. The van der Waals surface area contributed by atoms with Crippen LogP contribution in [0.25, 0.3) is 0 Å². The third kappa shape index (κ3) is 4.23. The van der Waals surface area contributed by atoms with E-state index in [1.165, 1.54) is 0 Å². The molecule has 1 aliphatic rings. The van der Waals surface area contributed by atoms with E-state index in [0.29, 0.717) is 25.6 Å². The summed E-state index contributed by atoms with van der Waals surface area (Å²) in [6, 6.07) is 0. The lowest BCUT2D eigenvalue weighted by Crippen LogP contribution is -2.46. The first-order valence-electron chi connectivity index (χ1n) is 6.67. The van der Waals surface area contributed by atoms with Crippen molar-refractivity contribution in [2.24, 2.45) is 11.7 Å². The van der Waals surface area contributed by atoms with Crippen molar-refractivity contribution in [3.05, 3.63) is 0 Å². The van der Waals surface area contributed by atoms with Crippen LogP contribution in [-0.2, 0) is 14.3 Å². The van der Waals surface area contributed by atoms with Crippen molar-refractivity contribution in [3.63, 3.8) is 0 Å². The van der Waals surface area contributed by atoms with Crippen molar-refractivity contribution in [2.45, 2.75) is 44.8 Å². The van der Waals surface area contributed by atoms with E-state index in [1.54, 1.807) is 14.0 Å². The molecule has 0 aliphatic heterocycles. The van der Waals surface area contributed by atoms with Gasteiger partial charge in [-0.2, -0.15) is 0 Å². The molecule has 0 heterocycles. The fourth-order valence-electron chi connectivity index (χ4n) is 2.54. The monoisotopic (exact) mass is 258 g/mol. The molecule has 3 N–H and O–H groups in total. The normalized spacial score (nSPS) is 29.2. The summed E-state index contributed by atoms with van der Waals surface area (Å²) in [5, 5.41) is 2.78. The number of carbonyl (C=O) groups excluding carboxylic acids is 1. The Morgan fingerprint density at radius 2 is 2.33 bits per heavy atom. The Kier molecular flexibility index (Phi) is 6.05. The predicted octanol–water partition coefficient (Wildman–Crippen LogP) is 0.672. The highest BCUT2D eigenvalue weighted by Crippen LogP contribution is 2.37. The van der Waals surface area contributed by atoms with Crippen LogP contribution >= 0.6 is 0 Å². The number of hydrogen-bond acceptors (Lipinski definition) is 4. The average molecular weight is 258 g/mol. The van der Waals surface area contributed by atoms with Gasteiger partial charge in [0.05, 0.1) is 12.2 Å². The van der Waals surface area contributed by atoms with E-state index in [1.807, 2.05) is 0 Å². The Labute approximate surface area is 109 Å². The van der Waals surface area contributed by atoms with Gasteiger partial charge in [0.2, 0.25) is 5.91 Å². The summed E-state index contributed by atoms with van der Waals surface area (Å²) in [5.41, 5.74) is 5.52. The maximum absolute atomic E-state index is 11.8. The zero-order valence-electron chi connectivity index (χ0n) is 11.7. The molecule has 106 valence electrons. The molecule has 1 saturated carbocycles. The molecule has 18 heavy (non-hydrogen) atoms. The molecule has 0 bridgehead atoms. The molecule has 0 aromatic heterocycles. The quantitative estimate of drug-likeness (QED) is 0.658. The van der Waals surface area contributed by atoms with Gasteiger partial charge in [-0.1, -0.05) is 6.92 Å². The molecule has 1 amide bonds. The van der Waals surface area contributed by atoms with Crippen LogP contribution in [0.4, 0.5) is 0 Å². The molecule has 0 saturated heterocycles. The summed E-state index contributed by atoms with van der Waals surface area (Å²) < 4.78 is 10.8. The number of methoxy groups -OCH3 is 1. The van der Waals surface area contributed by atoms with Gasteiger partial charge in [0.15, 0.2) is 0 Å². The summed E-state index contributed by atoms with van der Waals surface area (Å²) in [4.78, 5) is 11.8. The van der Waals surface area contributed by atoms with Gasteiger partial charge in [-0.15, -0.1) is 0 Å². The van der Waals surface area contributed by atoms with Gasteiger partial charge in [0.1, 0.15) is 6.10 Å². The molecule has 0 radical (unpaired) electrons. The maximum atomic E-state index is 11.8. The number of ether oxygens (including phenoxy) is 2. The fourth-order valence-corrected chi connectivity index (χ4v) is 2.54. The van der Waals surface area contributed by atoms with Crippen molar-refractivity contribution in [1.82, 2.24) is 5.32 Å². The van der Waals surface area contributed by atoms with E-state index >= 15 is 0 Å². The highest BCUT2D eigenvalue weighted by Gasteiger charge is 2.39. The van der Waals surface area contributed by atoms with Crippen LogP contribution in [0.1, 0.15) is 33.1 Å². The zero-order valence-corrected chi connectivity index (χ0v) is 11.7. The van der Waals surface area contributed by atoms with E-state index in [4.69, 9.17) is 15.2 Å². The third-order valence-corrected chi connectivity index (χ3v) is 3.59. The molecule has 0 aromatic rings. The van der Waals surface area contributed by atoms with Crippen LogP contribution < -0.4 is 11.1 Å². The van der Waals surface area contributed by atoms with Crippen molar-refractivity contribution in [2.75, 3.05) is 26.8 Å². The van der Waals surface area contributed by atoms with Gasteiger partial charge in [-0.25, -0.2) is 0 Å². The Morgan fingerprint density at radius 1 is 1.61 bits per heavy atom. The van der Waals surface area contributed by atoms with Crippen LogP contribution in [0.5, 0.6) is 0 Å². The van der Waals surface area contributed by atoms with Crippen molar-refractivity contribution < 1.29 is 14.3 Å². The summed E-state index contributed by atoms with van der Waals surface area (Å²) >= 11 is 0. The molecule has 5 heteroatoms. The Hall–Kier alpha value is -0.650. The van der Waals surface area contributed by atoms with E-state index in [2.05, 4.69) is 12.2 Å². The lowest BCUT2D eigenvalue weighted by atomic mass is 10.0. The summed E-state index contributed by atoms with van der Waals surface area (Å²) in [5.74, 6) is 0.525. The minimum Gasteiger partial charge on any atom is -0.383 e. The van der Waals surface area contributed by atoms with Gasteiger partial charge in [0, 0.05) is 20.2 Å². The second-order valence-electron chi connectivity index (χ2n) is 5.28. The fraction of sp³-hybridized carbons (Fsp3) is 0.923. The summed E-state index contributed by atoms with van der Waals surface area (Å²) in [7, 11) is 1.61. The molecule has 3 atom stereocenters. The van der Waals surface area contributed by atoms with Gasteiger partial charge in [-0.3, -0.25) is 4.79 Å². The number of carbonyl (C=O) groups is 1. The predicted molar refractivity (Wildman–Crippen MR) is 70.2 cm³/mol. The minimum atomic E-state index is -0.462. The van der Waals surface area contributed by atoms with Crippen LogP contribution in [0, 0.1) is 5.92 Å². The Bertz CT molecular complexity index is 273. The van der Waals surface area contributed by atoms with Crippen molar-refractivity contribution >= 4 is 5.91 Å². The lowest BCUT2D eigenvalue weighted by molar-refractivity contribution is -0.144. The Balaban J connectivity index is 2.42. The zero-order chi connectivity index (χ0) is 13.6. The lowest BCUT2D eigenvalue weighted by Gasteiger charge is -2.31. The van der Waals surface area contributed by atoms with Crippen LogP contribution in [0.15, 0.2) is 0 Å². The highest BCUT2D eigenvalue weighted by molar-refractivity contribution is 5.80. The van der Waals surface area contributed by atoms with Crippen LogP contribution in [-0.4, -0.2) is 44.4 Å². The first kappa shape index (κ1) is 15.4. The second-order valence-corrected chi connectivity index (χ2v) is 5.28. The second kappa shape index (κ2) is 7.07. The van der Waals surface area contributed by atoms with Crippen LogP contribution in [0.2, 0.25) is 0 Å². The van der Waals surface area contributed by atoms with E-state index in [9.17, 15) is 4.79 Å². The summed E-state index contributed by atoms with van der Waals surface area (Å²) in [6.07, 6.45) is 2.55. The molecule has 1 rings (SSSR count). The van der Waals surface area contributed by atoms with Gasteiger partial charge in [0.25, 0.3) is 0 Å². The number of nitrogens with two attached hydrogens (primary N) is 1. The number of rotatable bonds is 7. The molecule has 5 nitrogen and oxygen atoms in total. The minimum absolute atomic E-state index is 0.0978. The smallest absolute Gasteiger partial charge is 0.248 e. The molecular weight excluding hydrogens is 232 g/mol. The first-order valence-corrected chi connectivity index (χ1v) is 6.67. The molecule has 3 unspecified atom stereocenters. The van der Waals surface area contributed by atoms with E-state index in [0.717, 1.165) is 19.3 Å². The average Bonchev–Trinajstić information content (AvgIpc) is 2.71. The van der Waals surface area contributed by atoms with Gasteiger partial charge < -0.3 is 20.5 Å². The number of hydrogen-bond donors (Lipinski definition) is 2. The standard InChI is InChI=1S/C13H26N2O3/c1-10-4-5-13(8-10,9-14)18-11(2)12(16)15-6-7-17-3/h10-11H,4-9,14H2,1-3H3,(H,15,16). The number of amides is 1. The van der Waals surface area contributed by atoms with E-state index in [-0.39, 0.29) is 11.5 Å². The third-order valence-electron chi connectivity index (χ3n) is 3.59. The first-order chi connectivity index (χ1) is 8.53. The molecular formula is C13H26N2O3. The SMILES string of the molecule is COCCNC(=O)C(C)OC1(CN)CCC(C)C1. The highest BCUT2D eigenvalue weighted by atomic mass is 16.5. The van der Waals surface area contributed by atoms with Crippen LogP contribution in [0.3, 0.4) is 0 Å². The van der Waals surface area contributed by atoms with Crippen molar-refractivity contribution in [3.8, 4) is 0 Å². The topological polar surface area (TPSA) is 73.6 Å². The van der Waals surface area contributed by atoms with E-state index < -0.39 is 6.10 Å². The Morgan fingerprint density at radius 3 is 2.83 bits per heavy atom. The molecule has 1 aliphatic carbocycles. The van der Waals surface area contributed by atoms with Gasteiger partial charge in [-0.05, 0) is 32.1 Å². The number of nitrogens with one attached hydrogen (secondary N) is 1. The molecule has 1 fully saturated rings. The largest absolute Gasteiger partial charge is 0.383 e. The van der Waals surface area contributed by atoms with Crippen molar-refractivity contribution in [1.29, 1.82) is 0 Å². The maximum Gasteiger partial charge on any atom is 0.248 e.